The van der Waals surface area contributed by atoms with Crippen molar-refractivity contribution in [1.82, 2.24) is 4.90 Å². The Kier molecular flexibility index (Phi) is 7.50. The third kappa shape index (κ3) is 6.41. The first-order valence-electron chi connectivity index (χ1n) is 11.4. The van der Waals surface area contributed by atoms with E-state index in [9.17, 15) is 18.3 Å². The van der Waals surface area contributed by atoms with E-state index in [-0.39, 0.29) is 36.5 Å². The normalized spacial score (nSPS) is 23.9. The lowest BCUT2D eigenvalue weighted by Crippen LogP contribution is -2.48. The zero-order valence-corrected chi connectivity index (χ0v) is 19.6. The van der Waals surface area contributed by atoms with E-state index < -0.39 is 12.6 Å². The molecule has 0 spiro atoms. The van der Waals surface area contributed by atoms with Crippen LogP contribution in [0, 0.1) is 11.3 Å². The van der Waals surface area contributed by atoms with Gasteiger partial charge in [0, 0.05) is 25.6 Å². The minimum Gasteiger partial charge on any atom is -0.493 e. The van der Waals surface area contributed by atoms with E-state index in [0.29, 0.717) is 23.5 Å². The highest BCUT2D eigenvalue weighted by atomic mass is 19.4. The van der Waals surface area contributed by atoms with Gasteiger partial charge in [-0.2, -0.15) is 13.2 Å². The van der Waals surface area contributed by atoms with Crippen LogP contribution in [0.25, 0.3) is 0 Å². The highest BCUT2D eigenvalue weighted by Gasteiger charge is 2.39. The molecule has 1 fully saturated rings. The molecule has 0 radical (unpaired) electrons. The highest BCUT2D eigenvalue weighted by Crippen LogP contribution is 2.44. The summed E-state index contributed by atoms with van der Waals surface area (Å²) >= 11 is 0. The molecule has 180 valence electrons. The Labute approximate surface area is 189 Å². The number of nitrogens with zero attached hydrogens (tertiary/aromatic N) is 1. The number of rotatable bonds is 7. The van der Waals surface area contributed by atoms with Gasteiger partial charge in [0.2, 0.25) is 0 Å². The SMILES string of the molecule is C=C(CCC(F)(F)F)COc1cc2c(cc1OC)[C@H]1C[C@@H](O)[C@H](CC(C)(C)C)CN1CC2. The summed E-state index contributed by atoms with van der Waals surface area (Å²) < 4.78 is 48.6. The average molecular weight is 456 g/mol. The zero-order valence-electron chi connectivity index (χ0n) is 19.6. The van der Waals surface area contributed by atoms with Gasteiger partial charge in [-0.3, -0.25) is 4.90 Å². The summed E-state index contributed by atoms with van der Waals surface area (Å²) in [6.45, 7) is 12.2. The molecule has 32 heavy (non-hydrogen) atoms. The maximum absolute atomic E-state index is 12.4. The molecule has 4 nitrogen and oxygen atoms in total. The largest absolute Gasteiger partial charge is 0.493 e. The Morgan fingerprint density at radius 3 is 2.56 bits per heavy atom. The summed E-state index contributed by atoms with van der Waals surface area (Å²) in [4.78, 5) is 2.46. The molecule has 0 aliphatic carbocycles. The minimum atomic E-state index is -4.20. The Hall–Kier alpha value is -1.73. The fourth-order valence-electron chi connectivity index (χ4n) is 4.93. The Bertz CT molecular complexity index is 816. The van der Waals surface area contributed by atoms with Crippen LogP contribution in [0.1, 0.15) is 63.6 Å². The molecule has 0 aromatic heterocycles. The van der Waals surface area contributed by atoms with E-state index in [1.807, 2.05) is 12.1 Å². The summed E-state index contributed by atoms with van der Waals surface area (Å²) in [5, 5.41) is 10.9. The summed E-state index contributed by atoms with van der Waals surface area (Å²) in [7, 11) is 1.56. The van der Waals surface area contributed by atoms with Gasteiger partial charge < -0.3 is 14.6 Å². The molecule has 2 heterocycles. The Morgan fingerprint density at radius 1 is 1.22 bits per heavy atom. The van der Waals surface area contributed by atoms with Crippen LogP contribution in [0.4, 0.5) is 13.2 Å². The molecule has 0 unspecified atom stereocenters. The molecular formula is C25H36F3NO3. The van der Waals surface area contributed by atoms with Gasteiger partial charge in [0.1, 0.15) is 6.61 Å². The number of methoxy groups -OCH3 is 1. The molecule has 3 rings (SSSR count). The summed E-state index contributed by atoms with van der Waals surface area (Å²) in [5.74, 6) is 1.34. The van der Waals surface area contributed by atoms with Gasteiger partial charge in [-0.15, -0.1) is 0 Å². The topological polar surface area (TPSA) is 41.9 Å². The van der Waals surface area contributed by atoms with E-state index in [2.05, 4.69) is 32.3 Å². The lowest BCUT2D eigenvalue weighted by atomic mass is 9.75. The van der Waals surface area contributed by atoms with Crippen molar-refractivity contribution >= 4 is 0 Å². The van der Waals surface area contributed by atoms with Crippen molar-refractivity contribution in [3.63, 3.8) is 0 Å². The molecule has 3 atom stereocenters. The van der Waals surface area contributed by atoms with Crippen molar-refractivity contribution in [1.29, 1.82) is 0 Å². The van der Waals surface area contributed by atoms with Crippen LogP contribution >= 0.6 is 0 Å². The minimum absolute atomic E-state index is 0.0218. The Balaban J connectivity index is 1.71. The van der Waals surface area contributed by atoms with Crippen molar-refractivity contribution in [2.24, 2.45) is 11.3 Å². The smallest absolute Gasteiger partial charge is 0.389 e. The quantitative estimate of drug-likeness (QED) is 0.537. The lowest BCUT2D eigenvalue weighted by Gasteiger charge is -2.47. The second-order valence-corrected chi connectivity index (χ2v) is 10.4. The van der Waals surface area contributed by atoms with Gasteiger partial charge >= 0.3 is 6.18 Å². The molecule has 2 aliphatic rings. The summed E-state index contributed by atoms with van der Waals surface area (Å²) in [6, 6.07) is 4.04. The predicted molar refractivity (Wildman–Crippen MR) is 119 cm³/mol. The van der Waals surface area contributed by atoms with E-state index >= 15 is 0 Å². The molecule has 0 saturated carbocycles. The standard InChI is InChI=1S/C25H36F3NO3/c1-16(6-8-25(26,27)28)15-32-23-10-17-7-9-29-14-18(13-24(2,3)4)21(30)12-20(29)19(17)11-22(23)31-5/h10-11,18,20-21,30H,1,6-9,12-15H2,2-5H3/t18-,20-,21-/m1/s1. The van der Waals surface area contributed by atoms with Crippen LogP contribution in [0.2, 0.25) is 0 Å². The molecule has 1 saturated heterocycles. The van der Waals surface area contributed by atoms with E-state index in [4.69, 9.17) is 9.47 Å². The van der Waals surface area contributed by atoms with Crippen molar-refractivity contribution in [3.8, 4) is 11.5 Å². The second-order valence-electron chi connectivity index (χ2n) is 10.4. The first kappa shape index (κ1) is 24.9. The van der Waals surface area contributed by atoms with Gasteiger partial charge in [-0.05, 0) is 65.8 Å². The number of benzene rings is 1. The summed E-state index contributed by atoms with van der Waals surface area (Å²) in [6.07, 6.45) is -3.06. The van der Waals surface area contributed by atoms with Crippen molar-refractivity contribution in [2.75, 3.05) is 26.8 Å². The molecule has 2 aliphatic heterocycles. The van der Waals surface area contributed by atoms with Crippen LogP contribution in [0.5, 0.6) is 11.5 Å². The van der Waals surface area contributed by atoms with E-state index in [1.165, 1.54) is 0 Å². The molecule has 1 aromatic rings. The predicted octanol–water partition coefficient (Wildman–Crippen LogP) is 5.69. The molecule has 1 N–H and O–H groups in total. The van der Waals surface area contributed by atoms with E-state index in [1.54, 1.807) is 7.11 Å². The number of hydrogen-bond acceptors (Lipinski definition) is 4. The van der Waals surface area contributed by atoms with Gasteiger partial charge in [-0.25, -0.2) is 0 Å². The fraction of sp³-hybridized carbons (Fsp3) is 0.680. The van der Waals surface area contributed by atoms with Crippen molar-refractivity contribution in [2.45, 2.75) is 71.2 Å². The number of aliphatic hydroxyl groups is 1. The molecule has 1 aromatic carbocycles. The monoisotopic (exact) mass is 455 g/mol. The first-order valence-corrected chi connectivity index (χ1v) is 11.4. The average Bonchev–Trinajstić information content (AvgIpc) is 2.69. The van der Waals surface area contributed by atoms with Crippen LogP contribution < -0.4 is 9.47 Å². The first-order chi connectivity index (χ1) is 14.9. The number of alkyl halides is 3. The third-order valence-electron chi connectivity index (χ3n) is 6.44. The van der Waals surface area contributed by atoms with Crippen LogP contribution in [-0.4, -0.2) is 49.1 Å². The maximum atomic E-state index is 12.4. The van der Waals surface area contributed by atoms with Gasteiger partial charge in [0.15, 0.2) is 11.5 Å². The van der Waals surface area contributed by atoms with Gasteiger partial charge in [-0.1, -0.05) is 27.4 Å². The van der Waals surface area contributed by atoms with Gasteiger partial charge in [0.05, 0.1) is 13.2 Å². The van der Waals surface area contributed by atoms with Crippen molar-refractivity contribution in [3.05, 3.63) is 35.4 Å². The van der Waals surface area contributed by atoms with Gasteiger partial charge in [0.25, 0.3) is 0 Å². The number of ether oxygens (including phenoxy) is 2. The molecule has 0 bridgehead atoms. The fourth-order valence-corrected chi connectivity index (χ4v) is 4.93. The lowest BCUT2D eigenvalue weighted by molar-refractivity contribution is -0.134. The number of piperidine rings is 1. The Morgan fingerprint density at radius 2 is 1.94 bits per heavy atom. The number of halogens is 3. The van der Waals surface area contributed by atoms with E-state index in [0.717, 1.165) is 37.1 Å². The van der Waals surface area contributed by atoms with Crippen LogP contribution in [0.3, 0.4) is 0 Å². The van der Waals surface area contributed by atoms with Crippen LogP contribution in [-0.2, 0) is 6.42 Å². The number of aliphatic hydroxyl groups excluding tert-OH is 1. The molecular weight excluding hydrogens is 419 g/mol. The number of fused-ring (bicyclic) bond motifs is 3. The highest BCUT2D eigenvalue weighted by molar-refractivity contribution is 5.50. The number of hydrogen-bond donors (Lipinski definition) is 1. The third-order valence-corrected chi connectivity index (χ3v) is 6.44. The molecule has 7 heteroatoms. The zero-order chi connectivity index (χ0) is 23.7. The van der Waals surface area contributed by atoms with Crippen LogP contribution in [0.15, 0.2) is 24.3 Å². The second kappa shape index (κ2) is 9.64. The molecule has 0 amide bonds. The van der Waals surface area contributed by atoms with Crippen molar-refractivity contribution < 1.29 is 27.8 Å². The maximum Gasteiger partial charge on any atom is 0.389 e. The summed E-state index contributed by atoms with van der Waals surface area (Å²) in [5.41, 5.74) is 2.86.